The third-order valence-corrected chi connectivity index (χ3v) is 5.95. The van der Waals surface area contributed by atoms with Crippen LogP contribution in [0, 0.1) is 0 Å². The highest BCUT2D eigenvalue weighted by Crippen LogP contribution is 2.52. The zero-order chi connectivity index (χ0) is 18.7. The molecule has 0 radical (unpaired) electrons. The Balaban J connectivity index is 1.82. The summed E-state index contributed by atoms with van der Waals surface area (Å²) in [6, 6.07) is 17.2. The first-order valence-corrected chi connectivity index (χ1v) is 9.71. The molecule has 0 amide bonds. The highest BCUT2D eigenvalue weighted by Gasteiger charge is 2.52. The van der Waals surface area contributed by atoms with Crippen LogP contribution in [0.3, 0.4) is 0 Å². The maximum Gasteiger partial charge on any atom is 0.241 e. The van der Waals surface area contributed by atoms with Gasteiger partial charge >= 0.3 is 0 Å². The van der Waals surface area contributed by atoms with Crippen molar-refractivity contribution in [1.82, 2.24) is 10.6 Å². The molecule has 2 aromatic rings. The molecule has 27 heavy (non-hydrogen) atoms. The van der Waals surface area contributed by atoms with E-state index < -0.39 is 10.0 Å². The average Bonchev–Trinajstić information content (AvgIpc) is 3.43. The number of nitrogens with one attached hydrogen (secondary N) is 2. The smallest absolute Gasteiger partial charge is 0.241 e. The van der Waals surface area contributed by atoms with Crippen LogP contribution in [0.4, 0.5) is 8.78 Å². The van der Waals surface area contributed by atoms with Crippen LogP contribution >= 0.6 is 11.8 Å². The summed E-state index contributed by atoms with van der Waals surface area (Å²) in [6.07, 6.45) is 0. The molecule has 0 bridgehead atoms. The van der Waals surface area contributed by atoms with Gasteiger partial charge in [0.1, 0.15) is 0 Å². The first-order valence-electron chi connectivity index (χ1n) is 8.89. The lowest BCUT2D eigenvalue weighted by atomic mass is 10.1. The topological polar surface area (TPSA) is 48.8 Å². The van der Waals surface area contributed by atoms with Crippen molar-refractivity contribution in [1.29, 1.82) is 0 Å². The minimum Gasteiger partial charge on any atom is -0.368 e. The normalized spacial score (nSPS) is 20.7. The number of nitrogens with zero attached hydrogens (tertiary/aromatic N) is 2. The third-order valence-electron chi connectivity index (χ3n) is 4.53. The molecular formula is C20H20F2N4S. The second kappa shape index (κ2) is 7.31. The largest absolute Gasteiger partial charge is 0.368 e. The van der Waals surface area contributed by atoms with Crippen LogP contribution < -0.4 is 10.6 Å². The fraction of sp³-hybridized carbons (Fsp3) is 0.300. The van der Waals surface area contributed by atoms with Crippen molar-refractivity contribution in [3.63, 3.8) is 0 Å². The number of benzene rings is 2. The van der Waals surface area contributed by atoms with Crippen molar-refractivity contribution < 1.29 is 8.78 Å². The minimum atomic E-state index is -2.17. The number of thioether (sulfide) groups is 1. The Morgan fingerprint density at radius 1 is 0.704 bits per heavy atom. The Morgan fingerprint density at radius 2 is 1.11 bits per heavy atom. The standard InChI is InChI=1S/C20H20F2N4S/c21-19(17-23-11-12-24-17,15-7-3-1-4-8-15)27-20(22,18-25-13-14-26-18)16-9-5-2-6-10-16/h1-10H,11-14H2,(H,23,24)(H,25,26). The molecule has 140 valence electrons. The van der Waals surface area contributed by atoms with Gasteiger partial charge in [-0.15, -0.1) is 0 Å². The second-order valence-corrected chi connectivity index (χ2v) is 7.67. The van der Waals surface area contributed by atoms with Gasteiger partial charge in [0.25, 0.3) is 0 Å². The molecule has 0 saturated heterocycles. The Morgan fingerprint density at radius 3 is 1.44 bits per heavy atom. The molecule has 2 unspecified atom stereocenters. The SMILES string of the molecule is FC(SC(F)(C1=NCCN1)c1ccccc1)(C1=NCCN1)c1ccccc1. The molecule has 2 aromatic carbocycles. The van der Waals surface area contributed by atoms with Gasteiger partial charge in [0.2, 0.25) is 10.0 Å². The van der Waals surface area contributed by atoms with E-state index in [-0.39, 0.29) is 11.7 Å². The first kappa shape index (κ1) is 18.0. The molecule has 0 aromatic heterocycles. The summed E-state index contributed by atoms with van der Waals surface area (Å²) in [5.74, 6) is 0.297. The van der Waals surface area contributed by atoms with E-state index in [9.17, 15) is 0 Å². The van der Waals surface area contributed by atoms with Crippen LogP contribution in [-0.2, 0) is 10.0 Å². The molecule has 2 heterocycles. The van der Waals surface area contributed by atoms with Gasteiger partial charge in [0.05, 0.1) is 13.1 Å². The molecule has 4 nitrogen and oxygen atoms in total. The van der Waals surface area contributed by atoms with E-state index in [0.29, 0.717) is 49.1 Å². The van der Waals surface area contributed by atoms with Crippen molar-refractivity contribution in [2.24, 2.45) is 9.98 Å². The maximum atomic E-state index is 16.5. The van der Waals surface area contributed by atoms with Gasteiger partial charge in [-0.1, -0.05) is 72.4 Å². The van der Waals surface area contributed by atoms with Crippen molar-refractivity contribution in [2.75, 3.05) is 26.2 Å². The number of rotatable bonds is 6. The van der Waals surface area contributed by atoms with E-state index in [2.05, 4.69) is 20.6 Å². The van der Waals surface area contributed by atoms with E-state index >= 15 is 8.78 Å². The Bertz CT molecular complexity index is 787. The Hall–Kier alpha value is -2.41. The molecule has 2 aliphatic heterocycles. The lowest BCUT2D eigenvalue weighted by Gasteiger charge is -2.34. The van der Waals surface area contributed by atoms with Gasteiger partial charge in [-0.05, 0) is 0 Å². The number of hydrogen-bond acceptors (Lipinski definition) is 5. The van der Waals surface area contributed by atoms with E-state index in [1.54, 1.807) is 60.7 Å². The summed E-state index contributed by atoms with van der Waals surface area (Å²) in [6.45, 7) is 2.02. The van der Waals surface area contributed by atoms with E-state index in [1.165, 1.54) is 0 Å². The molecule has 4 rings (SSSR count). The van der Waals surface area contributed by atoms with Gasteiger partial charge in [0, 0.05) is 24.2 Å². The highest BCUT2D eigenvalue weighted by molar-refractivity contribution is 8.02. The molecule has 0 saturated carbocycles. The van der Waals surface area contributed by atoms with Crippen LogP contribution in [0.15, 0.2) is 70.6 Å². The number of hydrogen-bond donors (Lipinski definition) is 2. The summed E-state index contributed by atoms with van der Waals surface area (Å²) in [5.41, 5.74) is 0.694. The summed E-state index contributed by atoms with van der Waals surface area (Å²) >= 11 is 0.575. The fourth-order valence-electron chi connectivity index (χ4n) is 3.21. The number of halogens is 2. The van der Waals surface area contributed by atoms with E-state index in [4.69, 9.17) is 0 Å². The fourth-order valence-corrected chi connectivity index (χ4v) is 4.58. The third kappa shape index (κ3) is 3.32. The second-order valence-electron chi connectivity index (χ2n) is 6.34. The minimum absolute atomic E-state index is 0.148. The van der Waals surface area contributed by atoms with Crippen LogP contribution in [0.2, 0.25) is 0 Å². The summed E-state index contributed by atoms with van der Waals surface area (Å²) in [5, 5.41) is 1.63. The molecule has 0 spiro atoms. The van der Waals surface area contributed by atoms with Crippen molar-refractivity contribution in [3.8, 4) is 0 Å². The van der Waals surface area contributed by atoms with E-state index in [1.807, 2.05) is 0 Å². The quantitative estimate of drug-likeness (QED) is 0.800. The lowest BCUT2D eigenvalue weighted by molar-refractivity contribution is 0.346. The maximum absolute atomic E-state index is 16.5. The summed E-state index contributed by atoms with van der Waals surface area (Å²) in [7, 11) is 0. The lowest BCUT2D eigenvalue weighted by Crippen LogP contribution is -2.44. The van der Waals surface area contributed by atoms with Gasteiger partial charge in [-0.3, -0.25) is 9.98 Å². The van der Waals surface area contributed by atoms with Gasteiger partial charge in [-0.25, -0.2) is 8.78 Å². The number of aliphatic imine (C=N–C) groups is 2. The number of alkyl halides is 2. The van der Waals surface area contributed by atoms with E-state index in [0.717, 1.165) is 0 Å². The Labute approximate surface area is 161 Å². The average molecular weight is 386 g/mol. The predicted octanol–water partition coefficient (Wildman–Crippen LogP) is 3.37. The van der Waals surface area contributed by atoms with Gasteiger partial charge in [-0.2, -0.15) is 0 Å². The van der Waals surface area contributed by atoms with Crippen LogP contribution in [0.5, 0.6) is 0 Å². The Kier molecular flexibility index (Phi) is 4.86. The van der Waals surface area contributed by atoms with Gasteiger partial charge < -0.3 is 10.6 Å². The van der Waals surface area contributed by atoms with Crippen LogP contribution in [0.1, 0.15) is 11.1 Å². The zero-order valence-corrected chi connectivity index (χ0v) is 15.5. The first-order chi connectivity index (χ1) is 13.1. The van der Waals surface area contributed by atoms with Crippen LogP contribution in [-0.4, -0.2) is 37.9 Å². The zero-order valence-electron chi connectivity index (χ0n) is 14.7. The molecule has 7 heteroatoms. The molecular weight excluding hydrogens is 366 g/mol. The summed E-state index contributed by atoms with van der Waals surface area (Å²) in [4.78, 5) is 8.54. The van der Waals surface area contributed by atoms with Crippen molar-refractivity contribution in [3.05, 3.63) is 71.8 Å². The predicted molar refractivity (Wildman–Crippen MR) is 107 cm³/mol. The molecule has 2 atom stereocenters. The molecule has 0 fully saturated rings. The van der Waals surface area contributed by atoms with Crippen LogP contribution in [0.25, 0.3) is 0 Å². The number of amidine groups is 2. The summed E-state index contributed by atoms with van der Waals surface area (Å²) < 4.78 is 33.0. The monoisotopic (exact) mass is 386 g/mol. The van der Waals surface area contributed by atoms with Crippen molar-refractivity contribution >= 4 is 23.4 Å². The molecule has 0 aliphatic carbocycles. The van der Waals surface area contributed by atoms with Gasteiger partial charge in [0.15, 0.2) is 11.7 Å². The van der Waals surface area contributed by atoms with Crippen molar-refractivity contribution in [2.45, 2.75) is 10.0 Å². The molecule has 2 N–H and O–H groups in total. The molecule has 2 aliphatic rings. The highest BCUT2D eigenvalue weighted by atomic mass is 32.2.